The molecule has 1 aromatic rings. The molecule has 0 saturated carbocycles. The van der Waals surface area contributed by atoms with Crippen LogP contribution in [-0.2, 0) is 13.6 Å². The van der Waals surface area contributed by atoms with Gasteiger partial charge in [-0.25, -0.2) is 0 Å². The van der Waals surface area contributed by atoms with Gasteiger partial charge in [0.1, 0.15) is 0 Å². The molecular weight excluding hydrogens is 188 g/mol. The molecule has 1 fully saturated rings. The van der Waals surface area contributed by atoms with E-state index in [0.717, 1.165) is 19.6 Å². The van der Waals surface area contributed by atoms with Crippen molar-refractivity contribution in [2.24, 2.45) is 18.7 Å². The van der Waals surface area contributed by atoms with E-state index in [-0.39, 0.29) is 0 Å². The van der Waals surface area contributed by atoms with Gasteiger partial charge in [0.25, 0.3) is 0 Å². The Morgan fingerprint density at radius 1 is 1.60 bits per heavy atom. The van der Waals surface area contributed by atoms with Gasteiger partial charge in [-0.15, -0.1) is 0 Å². The molecule has 0 aromatic carbocycles. The molecule has 0 aliphatic carbocycles. The minimum Gasteiger partial charge on any atom is -0.330 e. The van der Waals surface area contributed by atoms with Gasteiger partial charge in [-0.2, -0.15) is 5.10 Å². The van der Waals surface area contributed by atoms with Crippen LogP contribution in [0.1, 0.15) is 18.4 Å². The highest BCUT2D eigenvalue weighted by atomic mass is 15.2. The predicted molar refractivity (Wildman–Crippen MR) is 60.3 cm³/mol. The summed E-state index contributed by atoms with van der Waals surface area (Å²) in [6.45, 7) is 4.19. The maximum absolute atomic E-state index is 5.72. The standard InChI is InChI=1S/C11H20N4/c1-14-7-11(6-13-14)9-15-4-2-3-10(5-12)8-15/h6-7,10H,2-5,8-9,12H2,1H3. The molecular formula is C11H20N4. The Kier molecular flexibility index (Phi) is 3.38. The molecule has 1 aromatic heterocycles. The average molecular weight is 208 g/mol. The maximum atomic E-state index is 5.72. The lowest BCUT2D eigenvalue weighted by Crippen LogP contribution is -2.37. The first kappa shape index (κ1) is 10.6. The molecule has 0 spiro atoms. The van der Waals surface area contributed by atoms with Crippen molar-refractivity contribution in [1.29, 1.82) is 0 Å². The Morgan fingerprint density at radius 3 is 3.13 bits per heavy atom. The lowest BCUT2D eigenvalue weighted by molar-refractivity contribution is 0.171. The molecule has 84 valence electrons. The van der Waals surface area contributed by atoms with Crippen LogP contribution in [-0.4, -0.2) is 34.3 Å². The molecule has 2 heterocycles. The number of nitrogens with two attached hydrogens (primary N) is 1. The molecule has 1 saturated heterocycles. The summed E-state index contributed by atoms with van der Waals surface area (Å²) in [4.78, 5) is 2.48. The Balaban J connectivity index is 1.88. The van der Waals surface area contributed by atoms with Crippen LogP contribution in [0.3, 0.4) is 0 Å². The zero-order valence-electron chi connectivity index (χ0n) is 9.39. The molecule has 15 heavy (non-hydrogen) atoms. The van der Waals surface area contributed by atoms with Gasteiger partial charge in [-0.05, 0) is 31.8 Å². The van der Waals surface area contributed by atoms with Gasteiger partial charge in [-0.3, -0.25) is 9.58 Å². The monoisotopic (exact) mass is 208 g/mol. The summed E-state index contributed by atoms with van der Waals surface area (Å²) in [6.07, 6.45) is 6.61. The van der Waals surface area contributed by atoms with Gasteiger partial charge < -0.3 is 5.73 Å². The van der Waals surface area contributed by atoms with Crippen molar-refractivity contribution < 1.29 is 0 Å². The van der Waals surface area contributed by atoms with Crippen molar-refractivity contribution in [3.05, 3.63) is 18.0 Å². The third-order valence-corrected chi connectivity index (χ3v) is 3.10. The highest BCUT2D eigenvalue weighted by Gasteiger charge is 2.18. The molecule has 0 amide bonds. The first-order valence-corrected chi connectivity index (χ1v) is 5.68. The number of piperidine rings is 1. The summed E-state index contributed by atoms with van der Waals surface area (Å²) in [5, 5.41) is 4.19. The maximum Gasteiger partial charge on any atom is 0.0534 e. The second-order valence-corrected chi connectivity index (χ2v) is 4.50. The highest BCUT2D eigenvalue weighted by molar-refractivity contribution is 5.03. The van der Waals surface area contributed by atoms with Crippen LogP contribution in [0.5, 0.6) is 0 Å². The van der Waals surface area contributed by atoms with E-state index in [4.69, 9.17) is 5.73 Å². The van der Waals surface area contributed by atoms with Crippen LogP contribution in [0.25, 0.3) is 0 Å². The molecule has 1 atom stereocenters. The summed E-state index contributed by atoms with van der Waals surface area (Å²) in [5.41, 5.74) is 7.02. The van der Waals surface area contributed by atoms with Crippen molar-refractivity contribution in [2.45, 2.75) is 19.4 Å². The van der Waals surface area contributed by atoms with Gasteiger partial charge in [0, 0.05) is 31.9 Å². The van der Waals surface area contributed by atoms with Gasteiger partial charge in [0.2, 0.25) is 0 Å². The molecule has 0 bridgehead atoms. The molecule has 4 heteroatoms. The van der Waals surface area contributed by atoms with E-state index >= 15 is 0 Å². The zero-order valence-corrected chi connectivity index (χ0v) is 9.39. The number of hydrogen-bond acceptors (Lipinski definition) is 3. The number of rotatable bonds is 3. The fourth-order valence-corrected chi connectivity index (χ4v) is 2.30. The summed E-state index contributed by atoms with van der Waals surface area (Å²) in [6, 6.07) is 0. The summed E-state index contributed by atoms with van der Waals surface area (Å²) < 4.78 is 1.86. The smallest absolute Gasteiger partial charge is 0.0534 e. The zero-order chi connectivity index (χ0) is 10.7. The molecule has 1 aliphatic rings. The Hall–Kier alpha value is -0.870. The molecule has 1 aliphatic heterocycles. The SMILES string of the molecule is Cn1cc(CN2CCCC(CN)C2)cn1. The number of aryl methyl sites for hydroxylation is 1. The van der Waals surface area contributed by atoms with E-state index in [9.17, 15) is 0 Å². The van der Waals surface area contributed by atoms with Crippen LogP contribution in [0.4, 0.5) is 0 Å². The lowest BCUT2D eigenvalue weighted by Gasteiger charge is -2.31. The molecule has 1 unspecified atom stereocenters. The van der Waals surface area contributed by atoms with Crippen molar-refractivity contribution in [3.63, 3.8) is 0 Å². The van der Waals surface area contributed by atoms with E-state index in [1.807, 2.05) is 17.9 Å². The summed E-state index contributed by atoms with van der Waals surface area (Å²) >= 11 is 0. The first-order valence-electron chi connectivity index (χ1n) is 5.68. The number of aromatic nitrogens is 2. The molecule has 2 rings (SSSR count). The van der Waals surface area contributed by atoms with Gasteiger partial charge in [0.15, 0.2) is 0 Å². The highest BCUT2D eigenvalue weighted by Crippen LogP contribution is 2.17. The van der Waals surface area contributed by atoms with Crippen molar-refractivity contribution in [2.75, 3.05) is 19.6 Å². The molecule has 2 N–H and O–H groups in total. The topological polar surface area (TPSA) is 47.1 Å². The quantitative estimate of drug-likeness (QED) is 0.791. The fourth-order valence-electron chi connectivity index (χ4n) is 2.30. The van der Waals surface area contributed by atoms with Crippen LogP contribution < -0.4 is 5.73 Å². The number of hydrogen-bond donors (Lipinski definition) is 1. The normalized spacial score (nSPS) is 23.2. The Morgan fingerprint density at radius 2 is 2.47 bits per heavy atom. The largest absolute Gasteiger partial charge is 0.330 e. The summed E-state index contributed by atoms with van der Waals surface area (Å²) in [7, 11) is 1.96. The van der Waals surface area contributed by atoms with Gasteiger partial charge in [-0.1, -0.05) is 0 Å². The number of likely N-dealkylation sites (tertiary alicyclic amines) is 1. The average Bonchev–Trinajstić information content (AvgIpc) is 2.64. The summed E-state index contributed by atoms with van der Waals surface area (Å²) in [5.74, 6) is 0.690. The van der Waals surface area contributed by atoms with E-state index in [0.29, 0.717) is 5.92 Å². The minimum atomic E-state index is 0.690. The Labute approximate surface area is 91.1 Å². The van der Waals surface area contributed by atoms with E-state index in [2.05, 4.69) is 16.2 Å². The minimum absolute atomic E-state index is 0.690. The molecule has 0 radical (unpaired) electrons. The van der Waals surface area contributed by atoms with Crippen molar-refractivity contribution in [1.82, 2.24) is 14.7 Å². The second-order valence-electron chi connectivity index (χ2n) is 4.50. The second kappa shape index (κ2) is 4.77. The molecule has 4 nitrogen and oxygen atoms in total. The van der Waals surface area contributed by atoms with Crippen LogP contribution in [0.2, 0.25) is 0 Å². The predicted octanol–water partition coefficient (Wildman–Crippen LogP) is 0.591. The van der Waals surface area contributed by atoms with Crippen molar-refractivity contribution in [3.8, 4) is 0 Å². The first-order chi connectivity index (χ1) is 7.28. The van der Waals surface area contributed by atoms with Crippen LogP contribution >= 0.6 is 0 Å². The van der Waals surface area contributed by atoms with Crippen LogP contribution in [0, 0.1) is 5.92 Å². The van der Waals surface area contributed by atoms with Crippen LogP contribution in [0.15, 0.2) is 12.4 Å². The van der Waals surface area contributed by atoms with E-state index < -0.39 is 0 Å². The third-order valence-electron chi connectivity index (χ3n) is 3.10. The van der Waals surface area contributed by atoms with E-state index in [1.165, 1.54) is 24.9 Å². The third kappa shape index (κ3) is 2.79. The van der Waals surface area contributed by atoms with Gasteiger partial charge in [0.05, 0.1) is 6.20 Å². The van der Waals surface area contributed by atoms with Crippen molar-refractivity contribution >= 4 is 0 Å². The number of nitrogens with zero attached hydrogens (tertiary/aromatic N) is 3. The van der Waals surface area contributed by atoms with E-state index in [1.54, 1.807) is 0 Å². The Bertz CT molecular complexity index is 307. The lowest BCUT2D eigenvalue weighted by atomic mass is 9.98. The fraction of sp³-hybridized carbons (Fsp3) is 0.727. The van der Waals surface area contributed by atoms with Gasteiger partial charge >= 0.3 is 0 Å².